The van der Waals surface area contributed by atoms with Crippen molar-refractivity contribution in [3.05, 3.63) is 65.7 Å². The van der Waals surface area contributed by atoms with Gasteiger partial charge in [0.1, 0.15) is 5.75 Å². The van der Waals surface area contributed by atoms with E-state index in [-0.39, 0.29) is 5.91 Å². The second kappa shape index (κ2) is 8.00. The molecule has 0 aliphatic heterocycles. The quantitative estimate of drug-likeness (QED) is 0.830. The molecule has 0 spiro atoms. The van der Waals surface area contributed by atoms with Gasteiger partial charge in [0.25, 0.3) is 0 Å². The summed E-state index contributed by atoms with van der Waals surface area (Å²) in [5, 5.41) is 2.86. The number of methoxy groups -OCH3 is 2. The monoisotopic (exact) mass is 297 g/mol. The summed E-state index contributed by atoms with van der Waals surface area (Å²) in [6.45, 7) is 0.454. The van der Waals surface area contributed by atoms with E-state index in [1.165, 1.54) is 6.08 Å². The first-order chi connectivity index (χ1) is 10.7. The molecular formula is C18H19NO3. The van der Waals surface area contributed by atoms with Gasteiger partial charge in [0, 0.05) is 24.4 Å². The van der Waals surface area contributed by atoms with Crippen molar-refractivity contribution in [3.8, 4) is 5.75 Å². The van der Waals surface area contributed by atoms with Gasteiger partial charge in [-0.25, -0.2) is 0 Å². The first kappa shape index (κ1) is 15.8. The molecule has 0 saturated heterocycles. The average Bonchev–Trinajstić information content (AvgIpc) is 2.55. The molecule has 0 aromatic heterocycles. The number of carbonyl (C=O) groups is 1. The molecule has 4 heteroatoms. The Morgan fingerprint density at radius 3 is 2.73 bits per heavy atom. The molecule has 2 aromatic rings. The Balaban J connectivity index is 2.05. The molecule has 0 fully saturated rings. The van der Waals surface area contributed by atoms with Gasteiger partial charge >= 0.3 is 0 Å². The van der Waals surface area contributed by atoms with E-state index in [0.29, 0.717) is 6.61 Å². The van der Waals surface area contributed by atoms with Gasteiger partial charge in [0.2, 0.25) is 5.91 Å². The molecule has 0 radical (unpaired) electrons. The third kappa shape index (κ3) is 4.46. The van der Waals surface area contributed by atoms with Gasteiger partial charge < -0.3 is 14.8 Å². The molecule has 0 aliphatic rings. The second-order valence-electron chi connectivity index (χ2n) is 4.69. The maximum absolute atomic E-state index is 12.0. The molecular weight excluding hydrogens is 278 g/mol. The number of para-hydroxylation sites is 1. The Bertz CT molecular complexity index is 665. The minimum Gasteiger partial charge on any atom is -0.497 e. The van der Waals surface area contributed by atoms with Crippen LogP contribution in [0.5, 0.6) is 5.75 Å². The van der Waals surface area contributed by atoms with Crippen molar-refractivity contribution in [2.75, 3.05) is 19.5 Å². The number of benzene rings is 2. The number of hydrogen-bond donors (Lipinski definition) is 1. The van der Waals surface area contributed by atoms with Crippen LogP contribution in [0, 0.1) is 0 Å². The van der Waals surface area contributed by atoms with Crippen molar-refractivity contribution in [1.29, 1.82) is 0 Å². The Morgan fingerprint density at radius 1 is 1.14 bits per heavy atom. The van der Waals surface area contributed by atoms with Crippen LogP contribution in [0.1, 0.15) is 11.1 Å². The van der Waals surface area contributed by atoms with Crippen LogP contribution in [0.4, 0.5) is 5.69 Å². The van der Waals surface area contributed by atoms with Crippen LogP contribution in [0.2, 0.25) is 0 Å². The zero-order valence-corrected chi connectivity index (χ0v) is 12.7. The largest absolute Gasteiger partial charge is 0.497 e. The van der Waals surface area contributed by atoms with Crippen molar-refractivity contribution in [3.63, 3.8) is 0 Å². The van der Waals surface area contributed by atoms with E-state index in [9.17, 15) is 4.79 Å². The fraction of sp³-hybridized carbons (Fsp3) is 0.167. The van der Waals surface area contributed by atoms with Crippen LogP contribution in [0.15, 0.2) is 54.6 Å². The van der Waals surface area contributed by atoms with Crippen LogP contribution in [0.3, 0.4) is 0 Å². The molecule has 114 valence electrons. The predicted molar refractivity (Wildman–Crippen MR) is 87.8 cm³/mol. The van der Waals surface area contributed by atoms with Crippen molar-refractivity contribution in [2.45, 2.75) is 6.61 Å². The van der Waals surface area contributed by atoms with Crippen LogP contribution >= 0.6 is 0 Å². The lowest BCUT2D eigenvalue weighted by Crippen LogP contribution is -2.10. The molecule has 22 heavy (non-hydrogen) atoms. The van der Waals surface area contributed by atoms with E-state index in [2.05, 4.69) is 5.32 Å². The summed E-state index contributed by atoms with van der Waals surface area (Å²) in [5.41, 5.74) is 2.59. The Hall–Kier alpha value is -2.59. The maximum atomic E-state index is 12.0. The number of anilines is 1. The molecule has 0 unspecified atom stereocenters. The summed E-state index contributed by atoms with van der Waals surface area (Å²) in [7, 11) is 3.24. The predicted octanol–water partition coefficient (Wildman–Crippen LogP) is 3.49. The van der Waals surface area contributed by atoms with Crippen LogP contribution in [-0.2, 0) is 16.1 Å². The van der Waals surface area contributed by atoms with Crippen LogP contribution in [-0.4, -0.2) is 20.1 Å². The summed E-state index contributed by atoms with van der Waals surface area (Å²) in [6, 6.07) is 15.1. The van der Waals surface area contributed by atoms with E-state index >= 15 is 0 Å². The van der Waals surface area contributed by atoms with Crippen LogP contribution in [0.25, 0.3) is 6.08 Å². The number of carbonyl (C=O) groups excluding carboxylic acids is 1. The lowest BCUT2D eigenvalue weighted by Gasteiger charge is -2.08. The summed E-state index contributed by atoms with van der Waals surface area (Å²) in [4.78, 5) is 12.0. The lowest BCUT2D eigenvalue weighted by atomic mass is 10.2. The van der Waals surface area contributed by atoms with E-state index in [1.54, 1.807) is 20.3 Å². The Kier molecular flexibility index (Phi) is 5.74. The Labute approximate surface area is 130 Å². The molecule has 0 saturated carbocycles. The zero-order chi connectivity index (χ0) is 15.8. The van der Waals surface area contributed by atoms with E-state index in [1.807, 2.05) is 48.5 Å². The van der Waals surface area contributed by atoms with E-state index in [4.69, 9.17) is 9.47 Å². The van der Waals surface area contributed by atoms with E-state index < -0.39 is 0 Å². The smallest absolute Gasteiger partial charge is 0.248 e. The number of hydrogen-bond acceptors (Lipinski definition) is 3. The number of ether oxygens (including phenoxy) is 2. The van der Waals surface area contributed by atoms with Crippen molar-refractivity contribution < 1.29 is 14.3 Å². The van der Waals surface area contributed by atoms with E-state index in [0.717, 1.165) is 22.6 Å². The minimum atomic E-state index is -0.189. The molecule has 0 bridgehead atoms. The molecule has 2 rings (SSSR count). The first-order valence-electron chi connectivity index (χ1n) is 6.93. The van der Waals surface area contributed by atoms with Gasteiger partial charge in [-0.05, 0) is 29.8 Å². The third-order valence-corrected chi connectivity index (χ3v) is 3.10. The van der Waals surface area contributed by atoms with Gasteiger partial charge in [-0.15, -0.1) is 0 Å². The summed E-state index contributed by atoms with van der Waals surface area (Å²) < 4.78 is 10.3. The standard InChI is InChI=1S/C18H19NO3/c1-21-13-15-7-3-4-9-17(15)19-18(20)11-10-14-6-5-8-16(12-14)22-2/h3-12H,13H2,1-2H3,(H,19,20). The molecule has 0 aliphatic carbocycles. The molecule has 1 amide bonds. The summed E-state index contributed by atoms with van der Waals surface area (Å²) in [5.74, 6) is 0.569. The highest BCUT2D eigenvalue weighted by Crippen LogP contribution is 2.16. The highest BCUT2D eigenvalue weighted by molar-refractivity contribution is 6.02. The topological polar surface area (TPSA) is 47.6 Å². The molecule has 2 aromatic carbocycles. The summed E-state index contributed by atoms with van der Waals surface area (Å²) >= 11 is 0. The maximum Gasteiger partial charge on any atom is 0.248 e. The van der Waals surface area contributed by atoms with Crippen molar-refractivity contribution in [1.82, 2.24) is 0 Å². The highest BCUT2D eigenvalue weighted by Gasteiger charge is 2.03. The molecule has 0 heterocycles. The summed E-state index contributed by atoms with van der Waals surface area (Å²) in [6.07, 6.45) is 3.25. The van der Waals surface area contributed by atoms with Gasteiger partial charge in [0.05, 0.1) is 13.7 Å². The van der Waals surface area contributed by atoms with Gasteiger partial charge in [-0.1, -0.05) is 30.3 Å². The third-order valence-electron chi connectivity index (χ3n) is 3.10. The first-order valence-corrected chi connectivity index (χ1v) is 6.93. The van der Waals surface area contributed by atoms with Crippen molar-refractivity contribution >= 4 is 17.7 Å². The van der Waals surface area contributed by atoms with Crippen molar-refractivity contribution in [2.24, 2.45) is 0 Å². The Morgan fingerprint density at radius 2 is 1.95 bits per heavy atom. The molecule has 0 atom stereocenters. The number of nitrogens with one attached hydrogen (secondary N) is 1. The minimum absolute atomic E-state index is 0.189. The fourth-order valence-electron chi connectivity index (χ4n) is 2.02. The number of rotatable bonds is 6. The normalized spacial score (nSPS) is 10.6. The fourth-order valence-corrected chi connectivity index (χ4v) is 2.02. The molecule has 4 nitrogen and oxygen atoms in total. The SMILES string of the molecule is COCc1ccccc1NC(=O)C=Cc1cccc(OC)c1. The highest BCUT2D eigenvalue weighted by atomic mass is 16.5. The van der Waals surface area contributed by atoms with Crippen LogP contribution < -0.4 is 10.1 Å². The zero-order valence-electron chi connectivity index (χ0n) is 12.7. The second-order valence-corrected chi connectivity index (χ2v) is 4.69. The average molecular weight is 297 g/mol. The van der Waals surface area contributed by atoms with Gasteiger partial charge in [-0.2, -0.15) is 0 Å². The molecule has 1 N–H and O–H groups in total. The number of amides is 1. The van der Waals surface area contributed by atoms with Gasteiger partial charge in [-0.3, -0.25) is 4.79 Å². The lowest BCUT2D eigenvalue weighted by molar-refractivity contribution is -0.111. The van der Waals surface area contributed by atoms with Gasteiger partial charge in [0.15, 0.2) is 0 Å².